The number of urea groups is 1. The number of aliphatic carboxylic acids is 1. The summed E-state index contributed by atoms with van der Waals surface area (Å²) in [5.74, 6) is -1.11. The van der Waals surface area contributed by atoms with Crippen LogP contribution in [0.2, 0.25) is 0 Å². The Bertz CT molecular complexity index is 759. The van der Waals surface area contributed by atoms with Crippen molar-refractivity contribution in [2.24, 2.45) is 11.8 Å². The van der Waals surface area contributed by atoms with Crippen molar-refractivity contribution in [2.45, 2.75) is 19.8 Å². The van der Waals surface area contributed by atoms with Crippen molar-refractivity contribution < 1.29 is 14.7 Å². The first-order chi connectivity index (χ1) is 12.5. The van der Waals surface area contributed by atoms with Gasteiger partial charge in [-0.3, -0.25) is 4.79 Å². The number of hydrogen-bond acceptors (Lipinski definition) is 3. The normalized spacial score (nSPS) is 20.0. The highest BCUT2D eigenvalue weighted by Gasteiger charge is 2.31. The Balaban J connectivity index is 1.49. The minimum Gasteiger partial charge on any atom is -0.481 e. The summed E-state index contributed by atoms with van der Waals surface area (Å²) in [6.07, 6.45) is 5.04. The largest absolute Gasteiger partial charge is 0.481 e. The van der Waals surface area contributed by atoms with Crippen LogP contribution in [-0.2, 0) is 11.2 Å². The van der Waals surface area contributed by atoms with E-state index in [0.29, 0.717) is 25.9 Å². The van der Waals surface area contributed by atoms with Crippen LogP contribution >= 0.6 is 0 Å². The number of piperidine rings is 1. The van der Waals surface area contributed by atoms with Crippen LogP contribution < -0.4 is 5.32 Å². The Hall–Kier alpha value is -2.83. The molecule has 1 saturated heterocycles. The Labute approximate surface area is 152 Å². The van der Waals surface area contributed by atoms with E-state index in [1.165, 1.54) is 0 Å². The van der Waals surface area contributed by atoms with Crippen molar-refractivity contribution >= 4 is 12.0 Å². The van der Waals surface area contributed by atoms with E-state index in [9.17, 15) is 14.7 Å². The number of nitrogens with zero attached hydrogens (tertiary/aromatic N) is 3. The zero-order chi connectivity index (χ0) is 18.5. The third-order valence-electron chi connectivity index (χ3n) is 4.64. The lowest BCUT2D eigenvalue weighted by atomic mass is 9.91. The molecule has 2 amide bonds. The first kappa shape index (κ1) is 18.0. The fourth-order valence-electron chi connectivity index (χ4n) is 3.33. The molecule has 7 heteroatoms. The summed E-state index contributed by atoms with van der Waals surface area (Å²) in [6, 6.07) is 9.64. The maximum Gasteiger partial charge on any atom is 0.317 e. The lowest BCUT2D eigenvalue weighted by molar-refractivity contribution is -0.143. The van der Waals surface area contributed by atoms with Crippen molar-refractivity contribution in [3.8, 4) is 5.69 Å². The standard InChI is InChI=1S/C19H24N4O3/c1-14-9-16(18(24)25)13-22(11-14)19(26)20-8-7-15-10-21-23(12-15)17-5-3-2-4-6-17/h2-6,10,12,14,16H,7-9,11,13H2,1H3,(H,20,26)(H,24,25). The molecule has 2 unspecified atom stereocenters. The van der Waals surface area contributed by atoms with Crippen LogP contribution in [0.3, 0.4) is 0 Å². The topological polar surface area (TPSA) is 87.5 Å². The predicted molar refractivity (Wildman–Crippen MR) is 97.1 cm³/mol. The number of hydrogen-bond donors (Lipinski definition) is 2. The molecule has 138 valence electrons. The maximum absolute atomic E-state index is 12.3. The lowest BCUT2D eigenvalue weighted by Gasteiger charge is -2.34. The number of carbonyl (C=O) groups excluding carboxylic acids is 1. The van der Waals surface area contributed by atoms with Gasteiger partial charge in [-0.1, -0.05) is 25.1 Å². The summed E-state index contributed by atoms with van der Waals surface area (Å²) >= 11 is 0. The highest BCUT2D eigenvalue weighted by molar-refractivity contribution is 5.76. The van der Waals surface area contributed by atoms with Gasteiger partial charge in [-0.2, -0.15) is 5.10 Å². The number of amides is 2. The molecular weight excluding hydrogens is 332 g/mol. The van der Waals surface area contributed by atoms with Crippen LogP contribution in [0, 0.1) is 11.8 Å². The SMILES string of the molecule is CC1CC(C(=O)O)CN(C(=O)NCCc2cnn(-c3ccccc3)c2)C1. The molecule has 2 N–H and O–H groups in total. The summed E-state index contributed by atoms with van der Waals surface area (Å²) in [4.78, 5) is 25.2. The van der Waals surface area contributed by atoms with E-state index in [0.717, 1.165) is 11.3 Å². The molecule has 1 aromatic heterocycles. The second kappa shape index (κ2) is 8.03. The molecule has 0 spiro atoms. The molecule has 1 aliphatic rings. The van der Waals surface area contributed by atoms with Gasteiger partial charge in [-0.25, -0.2) is 9.48 Å². The minimum absolute atomic E-state index is 0.194. The molecule has 1 fully saturated rings. The lowest BCUT2D eigenvalue weighted by Crippen LogP contribution is -2.49. The number of aromatic nitrogens is 2. The molecule has 7 nitrogen and oxygen atoms in total. The summed E-state index contributed by atoms with van der Waals surface area (Å²) < 4.78 is 1.81. The molecule has 2 atom stereocenters. The Morgan fingerprint density at radius 1 is 1.27 bits per heavy atom. The molecule has 1 aromatic carbocycles. The van der Waals surface area contributed by atoms with Crippen LogP contribution in [0.1, 0.15) is 18.9 Å². The third-order valence-corrected chi connectivity index (χ3v) is 4.64. The van der Waals surface area contributed by atoms with Crippen molar-refractivity contribution in [3.63, 3.8) is 0 Å². The number of likely N-dealkylation sites (tertiary alicyclic amines) is 1. The number of carboxylic acid groups (broad SMARTS) is 1. The Morgan fingerprint density at radius 3 is 2.77 bits per heavy atom. The van der Waals surface area contributed by atoms with E-state index >= 15 is 0 Å². The summed E-state index contributed by atoms with van der Waals surface area (Å²) in [6.45, 7) is 3.34. The number of carboxylic acids is 1. The zero-order valence-corrected chi connectivity index (χ0v) is 14.8. The van der Waals surface area contributed by atoms with Gasteiger partial charge in [-0.15, -0.1) is 0 Å². The monoisotopic (exact) mass is 356 g/mol. The number of nitrogens with one attached hydrogen (secondary N) is 1. The molecule has 0 radical (unpaired) electrons. The summed E-state index contributed by atoms with van der Waals surface area (Å²) in [5.41, 5.74) is 2.02. The molecule has 26 heavy (non-hydrogen) atoms. The van der Waals surface area contributed by atoms with E-state index in [2.05, 4.69) is 10.4 Å². The predicted octanol–water partition coefficient (Wildman–Crippen LogP) is 2.17. The highest BCUT2D eigenvalue weighted by atomic mass is 16.4. The first-order valence-corrected chi connectivity index (χ1v) is 8.87. The van der Waals surface area contributed by atoms with Crippen LogP contribution in [-0.4, -0.2) is 51.4 Å². The second-order valence-electron chi connectivity index (χ2n) is 6.89. The molecule has 0 bridgehead atoms. The van der Waals surface area contributed by atoms with E-state index in [4.69, 9.17) is 0 Å². The highest BCUT2D eigenvalue weighted by Crippen LogP contribution is 2.21. The van der Waals surface area contributed by atoms with Crippen molar-refractivity contribution in [1.29, 1.82) is 0 Å². The average molecular weight is 356 g/mol. The van der Waals surface area contributed by atoms with Crippen LogP contribution in [0.4, 0.5) is 4.79 Å². The molecular formula is C19H24N4O3. The quantitative estimate of drug-likeness (QED) is 0.859. The van der Waals surface area contributed by atoms with Gasteiger partial charge in [-0.05, 0) is 36.5 Å². The number of carbonyl (C=O) groups is 2. The minimum atomic E-state index is -0.831. The van der Waals surface area contributed by atoms with Gasteiger partial charge in [0.1, 0.15) is 0 Å². The van der Waals surface area contributed by atoms with Crippen LogP contribution in [0.15, 0.2) is 42.7 Å². The van der Waals surface area contributed by atoms with Crippen molar-refractivity contribution in [2.75, 3.05) is 19.6 Å². The van der Waals surface area contributed by atoms with Gasteiger partial charge in [0.05, 0.1) is 17.8 Å². The van der Waals surface area contributed by atoms with E-state index < -0.39 is 11.9 Å². The third kappa shape index (κ3) is 4.41. The van der Waals surface area contributed by atoms with Gasteiger partial charge >= 0.3 is 12.0 Å². The zero-order valence-electron chi connectivity index (χ0n) is 14.8. The smallest absolute Gasteiger partial charge is 0.317 e. The second-order valence-corrected chi connectivity index (χ2v) is 6.89. The maximum atomic E-state index is 12.3. The fourth-order valence-corrected chi connectivity index (χ4v) is 3.33. The van der Waals surface area contributed by atoms with E-state index in [1.54, 1.807) is 15.8 Å². The molecule has 3 rings (SSSR count). The molecule has 1 aliphatic heterocycles. The van der Waals surface area contributed by atoms with Gasteiger partial charge in [0.15, 0.2) is 0 Å². The number of benzene rings is 1. The van der Waals surface area contributed by atoms with Crippen LogP contribution in [0.5, 0.6) is 0 Å². The summed E-state index contributed by atoms with van der Waals surface area (Å²) in [5, 5.41) is 16.4. The van der Waals surface area contributed by atoms with Crippen LogP contribution in [0.25, 0.3) is 5.69 Å². The molecule has 2 aromatic rings. The van der Waals surface area contributed by atoms with Gasteiger partial charge in [0.2, 0.25) is 0 Å². The van der Waals surface area contributed by atoms with E-state index in [-0.39, 0.29) is 18.5 Å². The Morgan fingerprint density at radius 2 is 2.04 bits per heavy atom. The number of para-hydroxylation sites is 1. The first-order valence-electron chi connectivity index (χ1n) is 8.87. The van der Waals surface area contributed by atoms with Crippen molar-refractivity contribution in [1.82, 2.24) is 20.0 Å². The summed E-state index contributed by atoms with van der Waals surface area (Å²) in [7, 11) is 0. The van der Waals surface area contributed by atoms with Crippen molar-refractivity contribution in [3.05, 3.63) is 48.3 Å². The Kier molecular flexibility index (Phi) is 5.55. The molecule has 0 aliphatic carbocycles. The van der Waals surface area contributed by atoms with Gasteiger partial charge < -0.3 is 15.3 Å². The molecule has 2 heterocycles. The number of rotatable bonds is 5. The fraction of sp³-hybridized carbons (Fsp3) is 0.421. The average Bonchev–Trinajstić information content (AvgIpc) is 3.10. The van der Waals surface area contributed by atoms with Gasteiger partial charge in [0, 0.05) is 25.8 Å². The van der Waals surface area contributed by atoms with E-state index in [1.807, 2.05) is 43.5 Å². The molecule has 0 saturated carbocycles. The van der Waals surface area contributed by atoms with Gasteiger partial charge in [0.25, 0.3) is 0 Å².